The van der Waals surface area contributed by atoms with Gasteiger partial charge in [-0.05, 0) is 88.3 Å². The number of hydrogen-bond acceptors (Lipinski definition) is 4. The maximum absolute atomic E-state index is 12.2. The highest BCUT2D eigenvalue weighted by atomic mass is 35.5. The van der Waals surface area contributed by atoms with Crippen LogP contribution in [0.15, 0.2) is 48.5 Å². The molecule has 0 bridgehead atoms. The van der Waals surface area contributed by atoms with Gasteiger partial charge in [0.25, 0.3) is 0 Å². The summed E-state index contributed by atoms with van der Waals surface area (Å²) in [6.45, 7) is 6.98. The molecule has 0 atom stereocenters. The third kappa shape index (κ3) is 7.22. The largest absolute Gasteiger partial charge is 0.385 e. The van der Waals surface area contributed by atoms with Crippen LogP contribution in [0.25, 0.3) is 0 Å². The number of benzene rings is 2. The highest BCUT2D eigenvalue weighted by molar-refractivity contribution is 7.92. The Balaban J connectivity index is 1.37. The topological polar surface area (TPSA) is 57.6 Å². The van der Waals surface area contributed by atoms with Crippen LogP contribution in [0, 0.1) is 0 Å². The van der Waals surface area contributed by atoms with Gasteiger partial charge in [-0.25, -0.2) is 8.42 Å². The highest BCUT2D eigenvalue weighted by Crippen LogP contribution is 2.35. The number of unbranched alkanes of at least 4 members (excludes halogenated alkanes) is 4. The van der Waals surface area contributed by atoms with Gasteiger partial charge in [0, 0.05) is 23.8 Å². The van der Waals surface area contributed by atoms with Crippen molar-refractivity contribution in [1.82, 2.24) is 0 Å². The van der Waals surface area contributed by atoms with E-state index in [9.17, 15) is 13.5 Å². The molecule has 0 radical (unpaired) electrons. The number of hydrogen-bond donors (Lipinski definition) is 1. The average molecular weight is 506 g/mol. The smallest absolute Gasteiger partial charge is 0.155 e. The van der Waals surface area contributed by atoms with E-state index >= 15 is 0 Å². The Labute approximate surface area is 211 Å². The summed E-state index contributed by atoms with van der Waals surface area (Å²) >= 11 is 5.99. The van der Waals surface area contributed by atoms with Crippen molar-refractivity contribution in [1.29, 1.82) is 0 Å². The Kier molecular flexibility index (Phi) is 9.10. The van der Waals surface area contributed by atoms with E-state index < -0.39 is 20.2 Å². The summed E-state index contributed by atoms with van der Waals surface area (Å²) < 4.78 is 23.7. The SMILES string of the molecule is CC(C)(C)S(=O)(=O)CCCCCCCc1ccc(N2CCC(O)(c3ccc(Cl)cc3)CC2)cc1. The molecule has 6 heteroatoms. The van der Waals surface area contributed by atoms with E-state index in [1.807, 2.05) is 24.3 Å². The number of sulfone groups is 1. The van der Waals surface area contributed by atoms with Crippen LogP contribution in [0.2, 0.25) is 5.02 Å². The van der Waals surface area contributed by atoms with Crippen molar-refractivity contribution in [3.8, 4) is 0 Å². The average Bonchev–Trinajstić information content (AvgIpc) is 2.79. The van der Waals surface area contributed by atoms with E-state index in [-0.39, 0.29) is 0 Å². The molecular formula is C28H40ClNO3S. The van der Waals surface area contributed by atoms with Crippen molar-refractivity contribution in [2.45, 2.75) is 82.5 Å². The van der Waals surface area contributed by atoms with Crippen LogP contribution in [0.1, 0.15) is 76.8 Å². The molecule has 3 rings (SSSR count). The number of aliphatic hydroxyl groups is 1. The Morgan fingerprint density at radius 3 is 2.03 bits per heavy atom. The first-order chi connectivity index (χ1) is 16.0. The van der Waals surface area contributed by atoms with Gasteiger partial charge in [-0.2, -0.15) is 0 Å². The van der Waals surface area contributed by atoms with Crippen molar-refractivity contribution in [2.75, 3.05) is 23.7 Å². The maximum atomic E-state index is 12.2. The number of aryl methyl sites for hydroxylation is 1. The molecule has 0 saturated carbocycles. The van der Waals surface area contributed by atoms with E-state index in [4.69, 9.17) is 11.6 Å². The summed E-state index contributed by atoms with van der Waals surface area (Å²) in [7, 11) is -2.99. The Bertz CT molecular complexity index is 1000. The summed E-state index contributed by atoms with van der Waals surface area (Å²) in [6.07, 6.45) is 7.54. The monoisotopic (exact) mass is 505 g/mol. The Morgan fingerprint density at radius 1 is 0.882 bits per heavy atom. The fourth-order valence-electron chi connectivity index (χ4n) is 4.51. The minimum Gasteiger partial charge on any atom is -0.385 e. The Morgan fingerprint density at radius 2 is 1.44 bits per heavy atom. The van der Waals surface area contributed by atoms with Crippen LogP contribution in [0.3, 0.4) is 0 Å². The lowest BCUT2D eigenvalue weighted by Gasteiger charge is -2.39. The van der Waals surface area contributed by atoms with Crippen LogP contribution in [-0.4, -0.2) is 37.1 Å². The number of anilines is 1. The molecule has 1 N–H and O–H groups in total. The third-order valence-electron chi connectivity index (χ3n) is 7.09. The van der Waals surface area contributed by atoms with Crippen molar-refractivity contribution in [3.63, 3.8) is 0 Å². The predicted octanol–water partition coefficient (Wildman–Crippen LogP) is 6.53. The van der Waals surface area contributed by atoms with Crippen LogP contribution < -0.4 is 4.90 Å². The van der Waals surface area contributed by atoms with Gasteiger partial charge in [-0.1, -0.05) is 55.1 Å². The van der Waals surface area contributed by atoms with Gasteiger partial charge in [0.15, 0.2) is 9.84 Å². The molecule has 1 saturated heterocycles. The fourth-order valence-corrected chi connectivity index (χ4v) is 5.84. The van der Waals surface area contributed by atoms with E-state index in [1.165, 1.54) is 11.3 Å². The van der Waals surface area contributed by atoms with E-state index in [1.54, 1.807) is 20.8 Å². The minimum atomic E-state index is -2.99. The molecule has 1 aliphatic rings. The normalized spacial score (nSPS) is 16.6. The quantitative estimate of drug-likeness (QED) is 0.373. The lowest BCUT2D eigenvalue weighted by molar-refractivity contribution is 0.0118. The number of nitrogens with zero attached hydrogens (tertiary/aromatic N) is 1. The van der Waals surface area contributed by atoms with E-state index in [2.05, 4.69) is 29.2 Å². The second-order valence-electron chi connectivity index (χ2n) is 10.6. The summed E-state index contributed by atoms with van der Waals surface area (Å²) in [5.74, 6) is 0.297. The molecule has 0 spiro atoms. The molecule has 2 aromatic rings. The third-order valence-corrected chi connectivity index (χ3v) is 10.0. The van der Waals surface area contributed by atoms with Crippen molar-refractivity contribution >= 4 is 27.1 Å². The lowest BCUT2D eigenvalue weighted by Crippen LogP contribution is -2.42. The standard InChI is InChI=1S/C28H40ClNO3S/c1-27(2,3)34(32,33)22-8-6-4-5-7-9-23-10-16-26(17-11-23)30-20-18-28(31,19-21-30)24-12-14-25(29)15-13-24/h10-17,31H,4-9,18-22H2,1-3H3. The molecule has 2 aromatic carbocycles. The molecule has 0 unspecified atom stereocenters. The molecule has 1 heterocycles. The van der Waals surface area contributed by atoms with Gasteiger partial charge < -0.3 is 10.0 Å². The number of rotatable bonds is 10. The van der Waals surface area contributed by atoms with Crippen LogP contribution in [-0.2, 0) is 21.9 Å². The van der Waals surface area contributed by atoms with Gasteiger partial charge >= 0.3 is 0 Å². The second-order valence-corrected chi connectivity index (χ2v) is 13.9. The molecule has 0 aliphatic carbocycles. The first kappa shape index (κ1) is 27.0. The fraction of sp³-hybridized carbons (Fsp3) is 0.571. The van der Waals surface area contributed by atoms with Gasteiger partial charge in [-0.3, -0.25) is 0 Å². The molecule has 34 heavy (non-hydrogen) atoms. The van der Waals surface area contributed by atoms with Gasteiger partial charge in [-0.15, -0.1) is 0 Å². The van der Waals surface area contributed by atoms with Crippen molar-refractivity contribution in [2.24, 2.45) is 0 Å². The zero-order valence-electron chi connectivity index (χ0n) is 20.9. The number of piperidine rings is 1. The molecule has 1 fully saturated rings. The first-order valence-electron chi connectivity index (χ1n) is 12.5. The zero-order valence-corrected chi connectivity index (χ0v) is 22.5. The molecule has 4 nitrogen and oxygen atoms in total. The summed E-state index contributed by atoms with van der Waals surface area (Å²) in [6, 6.07) is 16.4. The molecule has 188 valence electrons. The molecule has 0 amide bonds. The van der Waals surface area contributed by atoms with Crippen molar-refractivity contribution in [3.05, 3.63) is 64.7 Å². The Hall–Kier alpha value is -1.56. The molecule has 0 aromatic heterocycles. The van der Waals surface area contributed by atoms with E-state index in [0.29, 0.717) is 23.6 Å². The predicted molar refractivity (Wildman–Crippen MR) is 144 cm³/mol. The van der Waals surface area contributed by atoms with Gasteiger partial charge in [0.05, 0.1) is 16.1 Å². The summed E-state index contributed by atoms with van der Waals surface area (Å²) in [5, 5.41) is 11.8. The number of halogens is 1. The second kappa shape index (κ2) is 11.5. The van der Waals surface area contributed by atoms with Crippen molar-refractivity contribution < 1.29 is 13.5 Å². The van der Waals surface area contributed by atoms with Gasteiger partial charge in [0.2, 0.25) is 0 Å². The first-order valence-corrected chi connectivity index (χ1v) is 14.6. The lowest BCUT2D eigenvalue weighted by atomic mass is 9.84. The maximum Gasteiger partial charge on any atom is 0.155 e. The van der Waals surface area contributed by atoms with Gasteiger partial charge in [0.1, 0.15) is 0 Å². The zero-order chi connectivity index (χ0) is 24.8. The molecule has 1 aliphatic heterocycles. The van der Waals surface area contributed by atoms with Crippen LogP contribution in [0.4, 0.5) is 5.69 Å². The van der Waals surface area contributed by atoms with Crippen LogP contribution >= 0.6 is 11.6 Å². The van der Waals surface area contributed by atoms with E-state index in [0.717, 1.165) is 57.2 Å². The minimum absolute atomic E-state index is 0.297. The summed E-state index contributed by atoms with van der Waals surface area (Å²) in [4.78, 5) is 2.35. The highest BCUT2D eigenvalue weighted by Gasteiger charge is 2.34. The summed E-state index contributed by atoms with van der Waals surface area (Å²) in [5.41, 5.74) is 2.72. The molecular weight excluding hydrogens is 466 g/mol. The van der Waals surface area contributed by atoms with Crippen LogP contribution in [0.5, 0.6) is 0 Å².